The minimum Gasteiger partial charge on any atom is -0.372 e. The largest absolute Gasteiger partial charge is 0.372 e. The second-order valence-electron chi connectivity index (χ2n) is 6.83. The van der Waals surface area contributed by atoms with Crippen LogP contribution in [0.5, 0.6) is 0 Å². The van der Waals surface area contributed by atoms with Gasteiger partial charge in [-0.15, -0.1) is 0 Å². The maximum absolute atomic E-state index is 12.0. The number of carbonyl (C=O) groups excluding carboxylic acids is 1. The van der Waals surface area contributed by atoms with Crippen LogP contribution in [0.25, 0.3) is 0 Å². The van der Waals surface area contributed by atoms with E-state index in [-0.39, 0.29) is 30.8 Å². The number of ether oxygens (including phenoxy) is 2. The average molecular weight is 333 g/mol. The second kappa shape index (κ2) is 7.94. The normalized spacial score (nSPS) is 25.0. The number of rotatable bonds is 5. The summed E-state index contributed by atoms with van der Waals surface area (Å²) in [6, 6.07) is 3.83. The predicted molar refractivity (Wildman–Crippen MR) is 93.3 cm³/mol. The summed E-state index contributed by atoms with van der Waals surface area (Å²) in [4.78, 5) is 18.6. The van der Waals surface area contributed by atoms with Gasteiger partial charge in [-0.3, -0.25) is 4.79 Å². The molecule has 1 aromatic rings. The van der Waals surface area contributed by atoms with E-state index in [0.717, 1.165) is 31.7 Å². The number of carbonyl (C=O) groups is 1. The first kappa shape index (κ1) is 17.2. The Morgan fingerprint density at radius 2 is 2.00 bits per heavy atom. The molecule has 132 valence electrons. The number of hydrogen-bond donors (Lipinski definition) is 1. The number of anilines is 2. The van der Waals surface area contributed by atoms with Gasteiger partial charge in [-0.05, 0) is 38.8 Å². The van der Waals surface area contributed by atoms with E-state index >= 15 is 0 Å². The first-order valence-electron chi connectivity index (χ1n) is 8.88. The molecule has 2 atom stereocenters. The smallest absolute Gasteiger partial charge is 0.250 e. The fraction of sp³-hybridized carbons (Fsp3) is 0.667. The van der Waals surface area contributed by atoms with Gasteiger partial charge in [0.15, 0.2) is 0 Å². The molecule has 0 radical (unpaired) electrons. The highest BCUT2D eigenvalue weighted by atomic mass is 16.5. The topological polar surface area (TPSA) is 63.7 Å². The quantitative estimate of drug-likeness (QED) is 0.897. The Morgan fingerprint density at radius 3 is 2.62 bits per heavy atom. The van der Waals surface area contributed by atoms with E-state index in [1.807, 2.05) is 12.1 Å². The third-order valence-corrected chi connectivity index (χ3v) is 4.53. The SMILES string of the molecule is C[C@H]1CN(c2ccc(NC(=O)COC3CCCC3)cn2)C[C@H](C)O1. The van der Waals surface area contributed by atoms with Crippen molar-refractivity contribution in [3.63, 3.8) is 0 Å². The molecule has 3 rings (SSSR count). The highest BCUT2D eigenvalue weighted by Crippen LogP contribution is 2.21. The molecule has 1 saturated heterocycles. The fourth-order valence-electron chi connectivity index (χ4n) is 3.46. The lowest BCUT2D eigenvalue weighted by molar-refractivity contribution is -0.122. The molecule has 1 aromatic heterocycles. The number of nitrogens with one attached hydrogen (secondary N) is 1. The van der Waals surface area contributed by atoms with Crippen molar-refractivity contribution in [2.45, 2.75) is 57.8 Å². The van der Waals surface area contributed by atoms with Crippen molar-refractivity contribution in [3.05, 3.63) is 18.3 Å². The van der Waals surface area contributed by atoms with Gasteiger partial charge in [0.05, 0.1) is 30.2 Å². The molecule has 0 bridgehead atoms. The van der Waals surface area contributed by atoms with E-state index in [1.54, 1.807) is 6.20 Å². The number of aromatic nitrogens is 1. The minimum absolute atomic E-state index is 0.116. The second-order valence-corrected chi connectivity index (χ2v) is 6.83. The molecule has 6 heteroatoms. The van der Waals surface area contributed by atoms with Gasteiger partial charge in [-0.25, -0.2) is 4.98 Å². The van der Waals surface area contributed by atoms with Gasteiger partial charge in [0, 0.05) is 13.1 Å². The summed E-state index contributed by atoms with van der Waals surface area (Å²) in [5.41, 5.74) is 0.702. The van der Waals surface area contributed by atoms with E-state index in [1.165, 1.54) is 12.8 Å². The molecule has 2 fully saturated rings. The summed E-state index contributed by atoms with van der Waals surface area (Å²) in [6.45, 7) is 5.92. The van der Waals surface area contributed by atoms with Gasteiger partial charge in [-0.2, -0.15) is 0 Å². The molecule has 0 aromatic carbocycles. The molecule has 0 unspecified atom stereocenters. The Labute approximate surface area is 143 Å². The monoisotopic (exact) mass is 333 g/mol. The van der Waals surface area contributed by atoms with Crippen LogP contribution in [0.1, 0.15) is 39.5 Å². The zero-order valence-electron chi connectivity index (χ0n) is 14.5. The summed E-state index contributed by atoms with van der Waals surface area (Å²) >= 11 is 0. The lowest BCUT2D eigenvalue weighted by Gasteiger charge is -2.36. The Morgan fingerprint density at radius 1 is 1.29 bits per heavy atom. The lowest BCUT2D eigenvalue weighted by Crippen LogP contribution is -2.45. The van der Waals surface area contributed by atoms with Crippen LogP contribution in [0, 0.1) is 0 Å². The molecular weight excluding hydrogens is 306 g/mol. The maximum Gasteiger partial charge on any atom is 0.250 e. The van der Waals surface area contributed by atoms with Crippen LogP contribution in [0.2, 0.25) is 0 Å². The number of hydrogen-bond acceptors (Lipinski definition) is 5. The third kappa shape index (κ3) is 4.68. The summed E-state index contributed by atoms with van der Waals surface area (Å²) in [5, 5.41) is 2.84. The number of nitrogens with zero attached hydrogens (tertiary/aromatic N) is 2. The van der Waals surface area contributed by atoms with Crippen LogP contribution in [0.15, 0.2) is 18.3 Å². The zero-order chi connectivity index (χ0) is 16.9. The van der Waals surface area contributed by atoms with Crippen molar-refractivity contribution in [1.29, 1.82) is 0 Å². The number of amides is 1. The van der Waals surface area contributed by atoms with Crippen molar-refractivity contribution < 1.29 is 14.3 Å². The lowest BCUT2D eigenvalue weighted by atomic mass is 10.2. The van der Waals surface area contributed by atoms with Crippen molar-refractivity contribution in [2.24, 2.45) is 0 Å². The Bertz CT molecular complexity index is 533. The highest BCUT2D eigenvalue weighted by molar-refractivity contribution is 5.91. The van der Waals surface area contributed by atoms with Crippen LogP contribution in [-0.4, -0.2) is 48.9 Å². The molecule has 1 saturated carbocycles. The molecule has 24 heavy (non-hydrogen) atoms. The predicted octanol–water partition coefficient (Wildman–Crippen LogP) is 2.59. The summed E-state index contributed by atoms with van der Waals surface area (Å²) in [5.74, 6) is 0.794. The van der Waals surface area contributed by atoms with E-state index < -0.39 is 0 Å². The Hall–Kier alpha value is -1.66. The van der Waals surface area contributed by atoms with Gasteiger partial charge >= 0.3 is 0 Å². The van der Waals surface area contributed by atoms with E-state index in [4.69, 9.17) is 9.47 Å². The van der Waals surface area contributed by atoms with Crippen LogP contribution in [0.3, 0.4) is 0 Å². The molecule has 6 nitrogen and oxygen atoms in total. The molecule has 2 heterocycles. The molecule has 0 spiro atoms. The first-order chi connectivity index (χ1) is 11.6. The van der Waals surface area contributed by atoms with Crippen LogP contribution < -0.4 is 10.2 Å². The standard InChI is InChI=1S/C18H27N3O3/c1-13-10-21(11-14(2)24-13)17-8-7-15(9-19-17)20-18(22)12-23-16-5-3-4-6-16/h7-9,13-14,16H,3-6,10-12H2,1-2H3,(H,20,22)/t13-,14-/m0/s1. The Kier molecular flexibility index (Phi) is 5.68. The van der Waals surface area contributed by atoms with E-state index in [0.29, 0.717) is 5.69 Å². The molecule has 1 aliphatic carbocycles. The van der Waals surface area contributed by atoms with Crippen molar-refractivity contribution >= 4 is 17.4 Å². The maximum atomic E-state index is 12.0. The Balaban J connectivity index is 1.49. The van der Waals surface area contributed by atoms with Gasteiger partial charge < -0.3 is 19.7 Å². The van der Waals surface area contributed by atoms with Gasteiger partial charge in [-0.1, -0.05) is 12.8 Å². The zero-order valence-corrected chi connectivity index (χ0v) is 14.5. The van der Waals surface area contributed by atoms with Crippen molar-refractivity contribution in [1.82, 2.24) is 4.98 Å². The van der Waals surface area contributed by atoms with Crippen molar-refractivity contribution in [3.8, 4) is 0 Å². The molecule has 2 aliphatic rings. The van der Waals surface area contributed by atoms with Crippen LogP contribution >= 0.6 is 0 Å². The molecule has 1 amide bonds. The van der Waals surface area contributed by atoms with Gasteiger partial charge in [0.1, 0.15) is 12.4 Å². The fourth-order valence-corrected chi connectivity index (χ4v) is 3.46. The van der Waals surface area contributed by atoms with Gasteiger partial charge in [0.2, 0.25) is 5.91 Å². The summed E-state index contributed by atoms with van der Waals surface area (Å²) < 4.78 is 11.4. The molecule has 1 aliphatic heterocycles. The van der Waals surface area contributed by atoms with Gasteiger partial charge in [0.25, 0.3) is 0 Å². The molecule has 1 N–H and O–H groups in total. The minimum atomic E-state index is -0.120. The van der Waals surface area contributed by atoms with E-state index in [2.05, 4.69) is 29.0 Å². The number of morpholine rings is 1. The highest BCUT2D eigenvalue weighted by Gasteiger charge is 2.23. The van der Waals surface area contributed by atoms with E-state index in [9.17, 15) is 4.79 Å². The summed E-state index contributed by atoms with van der Waals surface area (Å²) in [6.07, 6.45) is 6.90. The first-order valence-corrected chi connectivity index (χ1v) is 8.88. The third-order valence-electron chi connectivity index (χ3n) is 4.53. The molecular formula is C18H27N3O3. The van der Waals surface area contributed by atoms with Crippen LogP contribution in [0.4, 0.5) is 11.5 Å². The average Bonchev–Trinajstić information content (AvgIpc) is 3.06. The number of pyridine rings is 1. The van der Waals surface area contributed by atoms with Crippen LogP contribution in [-0.2, 0) is 14.3 Å². The summed E-state index contributed by atoms with van der Waals surface area (Å²) in [7, 11) is 0. The van der Waals surface area contributed by atoms with Crippen molar-refractivity contribution in [2.75, 3.05) is 29.9 Å².